The van der Waals surface area contributed by atoms with Crippen molar-refractivity contribution in [3.05, 3.63) is 48.0 Å². The lowest BCUT2D eigenvalue weighted by Gasteiger charge is -2.23. The number of aliphatic hydroxyl groups excluding tert-OH is 1. The zero-order chi connectivity index (χ0) is 21.1. The second-order valence-corrected chi connectivity index (χ2v) is 7.65. The van der Waals surface area contributed by atoms with E-state index in [0.717, 1.165) is 12.1 Å². The first-order valence-electron chi connectivity index (χ1n) is 10.5. The van der Waals surface area contributed by atoms with Gasteiger partial charge in [0.15, 0.2) is 29.4 Å². The summed E-state index contributed by atoms with van der Waals surface area (Å²) in [6.07, 6.45) is 5.97. The minimum atomic E-state index is -0.752. The summed E-state index contributed by atoms with van der Waals surface area (Å²) >= 11 is 0. The van der Waals surface area contributed by atoms with E-state index in [-0.39, 0.29) is 13.7 Å². The summed E-state index contributed by atoms with van der Waals surface area (Å²) in [4.78, 5) is 13.4. The van der Waals surface area contributed by atoms with Gasteiger partial charge in [-0.05, 0) is 33.1 Å². The minimum absolute atomic E-state index is 0. The van der Waals surface area contributed by atoms with E-state index in [2.05, 4.69) is 20.3 Å². The van der Waals surface area contributed by atoms with Gasteiger partial charge in [0.05, 0.1) is 12.2 Å². The van der Waals surface area contributed by atoms with Crippen LogP contribution in [0, 0.1) is 0 Å². The Balaban J connectivity index is 0.000000330. The number of nitrogens with one attached hydrogen (secondary N) is 1. The van der Waals surface area contributed by atoms with Gasteiger partial charge in [0.1, 0.15) is 12.4 Å². The normalized spacial score (nSPS) is 20.8. The third kappa shape index (κ3) is 4.87. The Bertz CT molecular complexity index is 911. The number of imidazole rings is 1. The number of benzene rings is 1. The first-order chi connectivity index (χ1) is 14.6. The zero-order valence-electron chi connectivity index (χ0n) is 17.7. The van der Waals surface area contributed by atoms with Crippen LogP contribution in [0.5, 0.6) is 0 Å². The van der Waals surface area contributed by atoms with Crippen molar-refractivity contribution in [1.29, 1.82) is 0 Å². The van der Waals surface area contributed by atoms with Crippen molar-refractivity contribution >= 4 is 5.82 Å². The lowest BCUT2D eigenvalue weighted by atomic mass is 10.2. The fourth-order valence-corrected chi connectivity index (χ4v) is 3.91. The summed E-state index contributed by atoms with van der Waals surface area (Å²) in [6, 6.07) is 9.83. The van der Waals surface area contributed by atoms with Gasteiger partial charge in [-0.2, -0.15) is 0 Å². The van der Waals surface area contributed by atoms with Crippen LogP contribution in [0.4, 0.5) is 5.82 Å². The molecule has 0 radical (unpaired) electrons. The Hall–Kier alpha value is -2.55. The molecule has 1 aliphatic carbocycles. The minimum Gasteiger partial charge on any atom is -0.385 e. The molecule has 31 heavy (non-hydrogen) atoms. The Kier molecular flexibility index (Phi) is 7.59. The first-order valence-corrected chi connectivity index (χ1v) is 10.5. The Morgan fingerprint density at radius 3 is 2.42 bits per heavy atom. The van der Waals surface area contributed by atoms with Crippen LogP contribution in [0.1, 0.15) is 64.3 Å². The molecule has 1 aromatic rings. The molecule has 2 bridgehead atoms. The van der Waals surface area contributed by atoms with Crippen molar-refractivity contribution in [3.63, 3.8) is 0 Å². The fraction of sp³-hybridized carbons (Fsp3) is 0.522. The van der Waals surface area contributed by atoms with Gasteiger partial charge in [0, 0.05) is 19.2 Å². The summed E-state index contributed by atoms with van der Waals surface area (Å²) in [6.45, 7) is 4.35. The molecule has 0 spiro atoms. The molecule has 4 unspecified atom stereocenters. The van der Waals surface area contributed by atoms with Gasteiger partial charge in [-0.15, -0.1) is 0 Å². The molecule has 8 heteroatoms. The summed E-state index contributed by atoms with van der Waals surface area (Å²) in [5.41, 5.74) is 1.60. The van der Waals surface area contributed by atoms with Gasteiger partial charge in [-0.3, -0.25) is 4.57 Å². The van der Waals surface area contributed by atoms with E-state index in [1.54, 1.807) is 20.4 Å². The van der Waals surface area contributed by atoms with Crippen LogP contribution in [0.15, 0.2) is 36.7 Å². The molecule has 2 saturated heterocycles. The SMILES string of the molecule is C.C1CC2CC1O2.CCNc1ncn(C(OC)c2ccccc2)c2nc(C(C)O)nc1-2. The van der Waals surface area contributed by atoms with E-state index < -0.39 is 6.10 Å². The Morgan fingerprint density at radius 1 is 1.23 bits per heavy atom. The summed E-state index contributed by atoms with van der Waals surface area (Å²) in [5.74, 6) is 1.63. The highest BCUT2D eigenvalue weighted by molar-refractivity contribution is 5.67. The van der Waals surface area contributed by atoms with E-state index in [4.69, 9.17) is 9.47 Å². The van der Waals surface area contributed by atoms with Crippen LogP contribution < -0.4 is 5.32 Å². The molecule has 8 nitrogen and oxygen atoms in total. The van der Waals surface area contributed by atoms with Crippen molar-refractivity contribution in [3.8, 4) is 11.5 Å². The van der Waals surface area contributed by atoms with Crippen molar-refractivity contribution in [1.82, 2.24) is 19.5 Å². The molecule has 0 amide bonds. The van der Waals surface area contributed by atoms with E-state index in [1.807, 2.05) is 41.8 Å². The Morgan fingerprint density at radius 2 is 1.90 bits per heavy atom. The molecular weight excluding hydrogens is 394 g/mol. The van der Waals surface area contributed by atoms with Crippen LogP contribution >= 0.6 is 0 Å². The number of ether oxygens (including phenoxy) is 2. The Labute approximate surface area is 184 Å². The topological polar surface area (TPSA) is 94.3 Å². The number of aromatic nitrogens is 4. The van der Waals surface area contributed by atoms with Gasteiger partial charge < -0.3 is 19.9 Å². The van der Waals surface area contributed by atoms with Crippen LogP contribution in [-0.2, 0) is 9.47 Å². The number of methoxy groups -OCH3 is 1. The van der Waals surface area contributed by atoms with Crippen LogP contribution in [0.2, 0.25) is 0 Å². The molecule has 1 aromatic carbocycles. The molecule has 0 aromatic heterocycles. The van der Waals surface area contributed by atoms with Crippen molar-refractivity contribution in [2.45, 2.75) is 65.1 Å². The van der Waals surface area contributed by atoms with Crippen molar-refractivity contribution in [2.24, 2.45) is 0 Å². The number of aliphatic hydroxyl groups is 1. The maximum Gasteiger partial charge on any atom is 0.168 e. The molecule has 2 N–H and O–H groups in total. The maximum atomic E-state index is 9.84. The number of nitrogens with zero attached hydrogens (tertiary/aromatic N) is 4. The van der Waals surface area contributed by atoms with Crippen molar-refractivity contribution in [2.75, 3.05) is 19.0 Å². The number of hydrogen-bond acceptors (Lipinski definition) is 7. The molecule has 3 fully saturated rings. The monoisotopic (exact) mass is 427 g/mol. The zero-order valence-corrected chi connectivity index (χ0v) is 17.7. The maximum absolute atomic E-state index is 9.84. The highest BCUT2D eigenvalue weighted by atomic mass is 16.5. The third-order valence-electron chi connectivity index (χ3n) is 5.44. The van der Waals surface area contributed by atoms with Crippen LogP contribution in [-0.4, -0.2) is 50.5 Å². The first kappa shape index (κ1) is 23.1. The number of fused-ring (bicyclic) bond motifs is 2. The van der Waals surface area contributed by atoms with Crippen molar-refractivity contribution < 1.29 is 14.6 Å². The predicted octanol–water partition coefficient (Wildman–Crippen LogP) is 4.03. The van der Waals surface area contributed by atoms with Gasteiger partial charge in [0.25, 0.3) is 0 Å². The van der Waals surface area contributed by atoms with Crippen LogP contribution in [0.3, 0.4) is 0 Å². The molecular formula is C23H33N5O3. The van der Waals surface area contributed by atoms with E-state index in [0.29, 0.717) is 35.4 Å². The fourth-order valence-electron chi connectivity index (χ4n) is 3.91. The molecule has 4 aliphatic heterocycles. The number of hydrogen-bond donors (Lipinski definition) is 2. The van der Waals surface area contributed by atoms with Crippen LogP contribution in [0.25, 0.3) is 11.5 Å². The molecule has 5 aliphatic rings. The van der Waals surface area contributed by atoms with E-state index in [1.165, 1.54) is 19.3 Å². The molecule has 168 valence electrons. The molecule has 6 rings (SSSR count). The number of anilines is 1. The average molecular weight is 428 g/mol. The lowest BCUT2D eigenvalue weighted by Crippen LogP contribution is -2.25. The lowest BCUT2D eigenvalue weighted by molar-refractivity contribution is -0.0647. The summed E-state index contributed by atoms with van der Waals surface area (Å²) < 4.78 is 12.7. The largest absolute Gasteiger partial charge is 0.385 e. The summed E-state index contributed by atoms with van der Waals surface area (Å²) in [7, 11) is 1.64. The van der Waals surface area contributed by atoms with Gasteiger partial charge in [0.2, 0.25) is 0 Å². The van der Waals surface area contributed by atoms with Gasteiger partial charge >= 0.3 is 0 Å². The average Bonchev–Trinajstić information content (AvgIpc) is 3.48. The second kappa shape index (κ2) is 10.2. The third-order valence-corrected chi connectivity index (χ3v) is 5.44. The standard InChI is InChI=1S/C17H21N5O2.C5H8O.CH4/c1-4-18-15-13-16(21-14(20-13)11(2)23)22(10-19-15)17(24-3)12-8-6-5-7-9-12;1-2-5-3-4(1)6-5;/h5-11,17-18,23H,4H2,1-3H3;4-5H,1-3H2;1H4. The smallest absolute Gasteiger partial charge is 0.168 e. The number of rotatable bonds is 6. The summed E-state index contributed by atoms with van der Waals surface area (Å²) in [5, 5.41) is 13.0. The van der Waals surface area contributed by atoms with E-state index >= 15 is 0 Å². The predicted molar refractivity (Wildman–Crippen MR) is 120 cm³/mol. The highest BCUT2D eigenvalue weighted by Gasteiger charge is 2.36. The second-order valence-electron chi connectivity index (χ2n) is 7.65. The highest BCUT2D eigenvalue weighted by Crippen LogP contribution is 2.36. The molecule has 4 heterocycles. The van der Waals surface area contributed by atoms with E-state index in [9.17, 15) is 5.11 Å². The molecule has 1 saturated carbocycles. The van der Waals surface area contributed by atoms with Gasteiger partial charge in [-0.25, -0.2) is 15.0 Å². The molecule has 4 atom stereocenters. The van der Waals surface area contributed by atoms with Gasteiger partial charge in [-0.1, -0.05) is 37.8 Å². The quantitative estimate of drug-likeness (QED) is 0.613.